The molecule has 0 aromatic heterocycles. The first-order chi connectivity index (χ1) is 14.7. The van der Waals surface area contributed by atoms with Crippen molar-refractivity contribution < 1.29 is 44.2 Å². The van der Waals surface area contributed by atoms with Crippen molar-refractivity contribution in [2.24, 2.45) is 0 Å². The molecule has 0 fully saturated rings. The van der Waals surface area contributed by atoms with E-state index in [1.54, 1.807) is 0 Å². The number of alkyl halides is 6. The number of anilines is 1. The molecule has 0 saturated carbocycles. The lowest BCUT2D eigenvalue weighted by Crippen LogP contribution is -2.23. The summed E-state index contributed by atoms with van der Waals surface area (Å²) in [7, 11) is -1.25. The lowest BCUT2D eigenvalue weighted by atomic mass is 10.3. The highest BCUT2D eigenvalue weighted by molar-refractivity contribution is 9.10. The maximum Gasteiger partial charge on any atom is 0.573 e. The number of sulfonamides is 1. The lowest BCUT2D eigenvalue weighted by Gasteiger charge is -2.15. The van der Waals surface area contributed by atoms with E-state index in [4.69, 9.17) is 28.9 Å². The van der Waals surface area contributed by atoms with E-state index in [0.717, 1.165) is 22.5 Å². The van der Waals surface area contributed by atoms with E-state index in [-0.39, 0.29) is 20.1 Å². The Balaban J connectivity index is 0.000000346. The SMILES string of the molecule is CN(C)S(=O)(=O)c1cc(Cl)c(OC(F)(F)F)cc1Br.Nc1cc(Cl)c(OC(F)(F)F)cc1Br. The number of ether oxygens (including phenoxy) is 2. The molecule has 33 heavy (non-hydrogen) atoms. The summed E-state index contributed by atoms with van der Waals surface area (Å²) in [5.41, 5.74) is 5.63. The average molecular weight is 673 g/mol. The number of rotatable bonds is 4. The van der Waals surface area contributed by atoms with Gasteiger partial charge >= 0.3 is 12.7 Å². The third-order valence-corrected chi connectivity index (χ3v) is 7.30. The molecule has 2 N–H and O–H groups in total. The molecule has 2 rings (SSSR count). The zero-order chi connectivity index (χ0) is 25.9. The Bertz CT molecular complexity index is 1120. The highest BCUT2D eigenvalue weighted by Gasteiger charge is 2.33. The maximum atomic E-state index is 12.1. The molecule has 2 aromatic rings. The predicted octanol–water partition coefficient (Wildman–Crippen LogP) is 6.83. The molecule has 186 valence electrons. The highest BCUT2D eigenvalue weighted by Crippen LogP contribution is 2.37. The average Bonchev–Trinajstić information content (AvgIpc) is 2.60. The molecule has 0 bridgehead atoms. The molecule has 0 radical (unpaired) electrons. The number of halogens is 10. The van der Waals surface area contributed by atoms with Crippen LogP contribution in [-0.4, -0.2) is 39.5 Å². The van der Waals surface area contributed by atoms with Crippen LogP contribution in [0.1, 0.15) is 0 Å². The summed E-state index contributed by atoms with van der Waals surface area (Å²) < 4.78 is 104. The van der Waals surface area contributed by atoms with Gasteiger partial charge in [0.15, 0.2) is 0 Å². The summed E-state index contributed by atoms with van der Waals surface area (Å²) in [6, 6.07) is 3.98. The van der Waals surface area contributed by atoms with Crippen molar-refractivity contribution in [2.45, 2.75) is 17.6 Å². The number of nitrogens with two attached hydrogens (primary N) is 1. The number of benzene rings is 2. The second kappa shape index (κ2) is 11.1. The Kier molecular flexibility index (Phi) is 10.0. The first-order valence-electron chi connectivity index (χ1n) is 7.92. The van der Waals surface area contributed by atoms with Gasteiger partial charge in [-0.25, -0.2) is 12.7 Å². The van der Waals surface area contributed by atoms with E-state index in [1.165, 1.54) is 20.2 Å². The highest BCUT2D eigenvalue weighted by atomic mass is 79.9. The van der Waals surface area contributed by atoms with E-state index in [2.05, 4.69) is 41.3 Å². The molecular formula is C16H12Br2Cl2F6N2O4S. The van der Waals surface area contributed by atoms with E-state index >= 15 is 0 Å². The Hall–Kier alpha value is -1.13. The fraction of sp³-hybridized carbons (Fsp3) is 0.250. The van der Waals surface area contributed by atoms with Crippen LogP contribution < -0.4 is 15.2 Å². The van der Waals surface area contributed by atoms with E-state index < -0.39 is 39.3 Å². The van der Waals surface area contributed by atoms with Crippen molar-refractivity contribution in [3.63, 3.8) is 0 Å². The zero-order valence-corrected chi connectivity index (χ0v) is 21.7. The van der Waals surface area contributed by atoms with E-state index in [1.807, 2.05) is 0 Å². The third-order valence-electron chi connectivity index (χ3n) is 3.25. The Morgan fingerprint density at radius 2 is 1.24 bits per heavy atom. The first-order valence-corrected chi connectivity index (χ1v) is 11.7. The minimum Gasteiger partial charge on any atom is -0.404 e. The van der Waals surface area contributed by atoms with Crippen LogP contribution in [0.15, 0.2) is 38.1 Å². The van der Waals surface area contributed by atoms with Gasteiger partial charge in [0.25, 0.3) is 0 Å². The molecular weight excluding hydrogens is 661 g/mol. The Morgan fingerprint density at radius 1 is 0.848 bits per heavy atom. The smallest absolute Gasteiger partial charge is 0.404 e. The van der Waals surface area contributed by atoms with Crippen LogP contribution in [0, 0.1) is 0 Å². The first kappa shape index (κ1) is 29.9. The molecule has 6 nitrogen and oxygen atoms in total. The van der Waals surface area contributed by atoms with E-state index in [0.29, 0.717) is 4.47 Å². The molecule has 0 heterocycles. The second-order valence-corrected chi connectivity index (χ2v) is 10.5. The van der Waals surface area contributed by atoms with Crippen molar-refractivity contribution >= 4 is 70.8 Å². The number of nitrogen functional groups attached to an aromatic ring is 1. The molecule has 0 aliphatic carbocycles. The van der Waals surface area contributed by atoms with Crippen LogP contribution in [0.5, 0.6) is 11.5 Å². The molecule has 2 aromatic carbocycles. The van der Waals surface area contributed by atoms with Crippen molar-refractivity contribution in [1.82, 2.24) is 4.31 Å². The fourth-order valence-corrected chi connectivity index (χ4v) is 4.56. The third kappa shape index (κ3) is 9.20. The summed E-state index contributed by atoms with van der Waals surface area (Å²) in [6.45, 7) is 0. The number of hydrogen-bond acceptors (Lipinski definition) is 5. The summed E-state index contributed by atoms with van der Waals surface area (Å²) in [4.78, 5) is -0.253. The predicted molar refractivity (Wildman–Crippen MR) is 117 cm³/mol. The van der Waals surface area contributed by atoms with Gasteiger partial charge in [-0.1, -0.05) is 23.2 Å². The molecule has 0 saturated heterocycles. The monoisotopic (exact) mass is 670 g/mol. The number of hydrogen-bond donors (Lipinski definition) is 1. The largest absolute Gasteiger partial charge is 0.573 e. The maximum absolute atomic E-state index is 12.1. The van der Waals surface area contributed by atoms with Crippen molar-refractivity contribution in [2.75, 3.05) is 19.8 Å². The van der Waals surface area contributed by atoms with Gasteiger partial charge in [0, 0.05) is 28.7 Å². The molecule has 17 heteroatoms. The minimum absolute atomic E-state index is 0.0788. The van der Waals surface area contributed by atoms with E-state index in [9.17, 15) is 34.8 Å². The summed E-state index contributed by atoms with van der Waals surface area (Å²) in [6.07, 6.45) is -9.68. The molecule has 0 unspecified atom stereocenters. The summed E-state index contributed by atoms with van der Waals surface area (Å²) >= 11 is 16.9. The van der Waals surface area contributed by atoms with Crippen LogP contribution in [0.25, 0.3) is 0 Å². The van der Waals surface area contributed by atoms with Crippen LogP contribution in [0.2, 0.25) is 10.0 Å². The van der Waals surface area contributed by atoms with Gasteiger partial charge in [-0.3, -0.25) is 0 Å². The van der Waals surface area contributed by atoms with Gasteiger partial charge in [0.2, 0.25) is 10.0 Å². The minimum atomic E-state index is -4.91. The lowest BCUT2D eigenvalue weighted by molar-refractivity contribution is -0.275. The van der Waals surface area contributed by atoms with Crippen molar-refractivity contribution in [3.05, 3.63) is 43.3 Å². The standard InChI is InChI=1S/C9H8BrClF3NO3S.C7H4BrClF3NO/c1-15(2)19(16,17)8-4-6(11)7(3-5(8)10)18-9(12,13)14;8-3-1-6(14-7(10,11)12)4(9)2-5(3)13/h3-4H,1-2H3;1-2H,13H2. The second-order valence-electron chi connectivity index (χ2n) is 5.90. The topological polar surface area (TPSA) is 81.9 Å². The molecule has 0 atom stereocenters. The summed E-state index contributed by atoms with van der Waals surface area (Å²) in [5, 5.41) is -0.649. The van der Waals surface area contributed by atoms with Gasteiger partial charge in [-0.05, 0) is 56.1 Å². The Morgan fingerprint density at radius 3 is 1.64 bits per heavy atom. The molecule has 0 amide bonds. The van der Waals surface area contributed by atoms with Crippen LogP contribution in [0.4, 0.5) is 32.0 Å². The van der Waals surface area contributed by atoms with Crippen LogP contribution >= 0.6 is 55.1 Å². The van der Waals surface area contributed by atoms with Crippen molar-refractivity contribution in [3.8, 4) is 11.5 Å². The molecule has 0 aliphatic heterocycles. The van der Waals surface area contributed by atoms with Crippen LogP contribution in [0.3, 0.4) is 0 Å². The van der Waals surface area contributed by atoms with Gasteiger partial charge in [0.1, 0.15) is 11.5 Å². The van der Waals surface area contributed by atoms with Gasteiger partial charge < -0.3 is 15.2 Å². The van der Waals surface area contributed by atoms with Gasteiger partial charge in [0.05, 0.1) is 14.9 Å². The van der Waals surface area contributed by atoms with Gasteiger partial charge in [-0.2, -0.15) is 0 Å². The molecule has 0 aliphatic rings. The van der Waals surface area contributed by atoms with Gasteiger partial charge in [-0.15, -0.1) is 26.3 Å². The fourth-order valence-electron chi connectivity index (χ4n) is 1.85. The summed E-state index contributed by atoms with van der Waals surface area (Å²) in [5.74, 6) is -1.17. The normalized spacial score (nSPS) is 12.3. The number of nitrogens with zero attached hydrogens (tertiary/aromatic N) is 1. The van der Waals surface area contributed by atoms with Crippen LogP contribution in [-0.2, 0) is 10.0 Å². The quantitative estimate of drug-likeness (QED) is 0.284. The van der Waals surface area contributed by atoms with Crippen molar-refractivity contribution in [1.29, 1.82) is 0 Å². The zero-order valence-electron chi connectivity index (χ0n) is 16.2. The Labute approximate surface area is 210 Å². The molecule has 0 spiro atoms.